The van der Waals surface area contributed by atoms with E-state index in [1.54, 1.807) is 11.3 Å². The predicted octanol–water partition coefficient (Wildman–Crippen LogP) is 4.14. The summed E-state index contributed by atoms with van der Waals surface area (Å²) in [6.45, 7) is 10.9. The van der Waals surface area contributed by atoms with Crippen LogP contribution in [0.2, 0.25) is 4.34 Å². The van der Waals surface area contributed by atoms with Gasteiger partial charge >= 0.3 is 0 Å². The number of nitrogens with zero attached hydrogens (tertiary/aromatic N) is 3. The van der Waals surface area contributed by atoms with Crippen molar-refractivity contribution in [1.29, 1.82) is 0 Å². The zero-order valence-electron chi connectivity index (χ0n) is 17.2. The first-order chi connectivity index (χ1) is 13.5. The lowest BCUT2D eigenvalue weighted by Gasteiger charge is -2.28. The van der Waals surface area contributed by atoms with Crippen LogP contribution in [0.15, 0.2) is 12.4 Å². The number of aryl methyl sites for hydroxylation is 1. The molecule has 0 unspecified atom stereocenters. The number of rotatable bonds is 5. The molecule has 0 fully saturated rings. The van der Waals surface area contributed by atoms with Crippen molar-refractivity contribution in [2.75, 3.05) is 19.8 Å². The molecule has 28 heavy (non-hydrogen) atoms. The highest BCUT2D eigenvalue weighted by atomic mass is 35.5. The predicted molar refractivity (Wildman–Crippen MR) is 115 cm³/mol. The molecule has 3 heterocycles. The summed E-state index contributed by atoms with van der Waals surface area (Å²) in [7, 11) is 0. The summed E-state index contributed by atoms with van der Waals surface area (Å²) in [6.07, 6.45) is 7.05. The van der Waals surface area contributed by atoms with Gasteiger partial charge in [0.15, 0.2) is 0 Å². The Bertz CT molecular complexity index is 759. The number of aromatic nitrogens is 2. The van der Waals surface area contributed by atoms with E-state index in [9.17, 15) is 5.11 Å². The molecule has 1 atom stereocenters. The third-order valence-corrected chi connectivity index (χ3v) is 6.84. The van der Waals surface area contributed by atoms with E-state index in [0.29, 0.717) is 25.2 Å². The Balaban J connectivity index is 1.68. The Hall–Kier alpha value is -0.920. The van der Waals surface area contributed by atoms with Crippen molar-refractivity contribution < 1.29 is 9.84 Å². The standard InChI is InChI=1S/C21H32ClN3O2S/c1-15(2)10-25-12-17(9-23-25)11-24-7-4-5-20-18(6-8-27-14-16(24)3)19(13-26)21(22)28-20/h9,12,15-16,26H,4-8,10-11,13-14H2,1-3H3/t16-/m0/s1. The van der Waals surface area contributed by atoms with Crippen LogP contribution in [0.4, 0.5) is 0 Å². The van der Waals surface area contributed by atoms with Gasteiger partial charge in [-0.3, -0.25) is 9.58 Å². The van der Waals surface area contributed by atoms with Gasteiger partial charge in [0.25, 0.3) is 0 Å². The monoisotopic (exact) mass is 425 g/mol. The molecule has 3 rings (SSSR count). The minimum atomic E-state index is 0.00750. The van der Waals surface area contributed by atoms with Gasteiger partial charge in [-0.1, -0.05) is 25.4 Å². The van der Waals surface area contributed by atoms with Crippen molar-refractivity contribution in [3.05, 3.63) is 38.3 Å². The van der Waals surface area contributed by atoms with Crippen molar-refractivity contribution in [2.24, 2.45) is 5.92 Å². The summed E-state index contributed by atoms with van der Waals surface area (Å²) in [5.74, 6) is 0.591. The van der Waals surface area contributed by atoms with Crippen LogP contribution in [0.5, 0.6) is 0 Å². The zero-order chi connectivity index (χ0) is 20.1. The second kappa shape index (κ2) is 10.2. The first-order valence-electron chi connectivity index (χ1n) is 10.2. The Morgan fingerprint density at radius 1 is 1.39 bits per heavy atom. The second-order valence-electron chi connectivity index (χ2n) is 8.13. The third kappa shape index (κ3) is 5.57. The van der Waals surface area contributed by atoms with E-state index in [1.165, 1.54) is 16.0 Å². The van der Waals surface area contributed by atoms with Gasteiger partial charge in [-0.05, 0) is 44.2 Å². The minimum absolute atomic E-state index is 0.00750. The number of aliphatic hydroxyl groups is 1. The SMILES string of the molecule is CC(C)Cn1cc(CN2CCCc3sc(Cl)c(CO)c3CCOC[C@@H]2C)cn1. The lowest BCUT2D eigenvalue weighted by atomic mass is 10.1. The molecule has 0 spiro atoms. The Morgan fingerprint density at radius 3 is 2.96 bits per heavy atom. The van der Waals surface area contributed by atoms with Crippen LogP contribution < -0.4 is 0 Å². The Labute approximate surface area is 177 Å². The first kappa shape index (κ1) is 21.8. The second-order valence-corrected chi connectivity index (χ2v) is 9.83. The van der Waals surface area contributed by atoms with Gasteiger partial charge in [0.2, 0.25) is 0 Å². The fraction of sp³-hybridized carbons (Fsp3) is 0.667. The molecular weight excluding hydrogens is 394 g/mol. The molecule has 156 valence electrons. The van der Waals surface area contributed by atoms with Crippen molar-refractivity contribution in [1.82, 2.24) is 14.7 Å². The quantitative estimate of drug-likeness (QED) is 0.782. The maximum atomic E-state index is 9.68. The van der Waals surface area contributed by atoms with Crippen LogP contribution in [0.25, 0.3) is 0 Å². The Morgan fingerprint density at radius 2 is 2.21 bits per heavy atom. The van der Waals surface area contributed by atoms with Gasteiger partial charge in [-0.2, -0.15) is 5.10 Å². The summed E-state index contributed by atoms with van der Waals surface area (Å²) >= 11 is 7.97. The molecule has 0 radical (unpaired) electrons. The average Bonchev–Trinajstić information content (AvgIpc) is 3.19. The van der Waals surface area contributed by atoms with E-state index >= 15 is 0 Å². The summed E-state index contributed by atoms with van der Waals surface area (Å²) in [4.78, 5) is 3.79. The van der Waals surface area contributed by atoms with E-state index in [2.05, 4.69) is 37.0 Å². The number of aliphatic hydroxyl groups excluding tert-OH is 1. The molecule has 0 saturated carbocycles. The van der Waals surface area contributed by atoms with Crippen molar-refractivity contribution >= 4 is 22.9 Å². The Kier molecular flexibility index (Phi) is 7.94. The molecule has 5 nitrogen and oxygen atoms in total. The van der Waals surface area contributed by atoms with Gasteiger partial charge in [0.05, 0.1) is 30.4 Å². The van der Waals surface area contributed by atoms with Crippen molar-refractivity contribution in [3.8, 4) is 0 Å². The van der Waals surface area contributed by atoms with Gasteiger partial charge in [0.1, 0.15) is 0 Å². The van der Waals surface area contributed by atoms with E-state index < -0.39 is 0 Å². The van der Waals surface area contributed by atoms with E-state index in [-0.39, 0.29) is 6.61 Å². The molecule has 2 aromatic heterocycles. The number of fused-ring (bicyclic) bond motifs is 1. The number of ether oxygens (including phenoxy) is 1. The molecule has 0 aromatic carbocycles. The van der Waals surface area contributed by atoms with Crippen LogP contribution in [0, 0.1) is 5.92 Å². The maximum Gasteiger partial charge on any atom is 0.0989 e. The smallest absolute Gasteiger partial charge is 0.0989 e. The molecular formula is C21H32ClN3O2S. The lowest BCUT2D eigenvalue weighted by molar-refractivity contribution is 0.0645. The molecule has 0 amide bonds. The number of thiophene rings is 1. The highest BCUT2D eigenvalue weighted by Crippen LogP contribution is 2.34. The van der Waals surface area contributed by atoms with Crippen LogP contribution in [-0.4, -0.2) is 45.6 Å². The van der Waals surface area contributed by atoms with Gasteiger partial charge in [-0.25, -0.2) is 0 Å². The van der Waals surface area contributed by atoms with E-state index in [0.717, 1.165) is 48.8 Å². The topological polar surface area (TPSA) is 50.5 Å². The molecule has 0 saturated heterocycles. The number of halogens is 1. The highest BCUT2D eigenvalue weighted by Gasteiger charge is 2.20. The highest BCUT2D eigenvalue weighted by molar-refractivity contribution is 7.16. The van der Waals surface area contributed by atoms with E-state index in [4.69, 9.17) is 16.3 Å². The largest absolute Gasteiger partial charge is 0.392 e. The maximum absolute atomic E-state index is 9.68. The van der Waals surface area contributed by atoms with Crippen LogP contribution in [0.3, 0.4) is 0 Å². The summed E-state index contributed by atoms with van der Waals surface area (Å²) in [5.41, 5.74) is 3.35. The normalized spacial score (nSPS) is 19.6. The molecule has 2 aromatic rings. The molecule has 0 bridgehead atoms. The van der Waals surface area contributed by atoms with Crippen molar-refractivity contribution in [3.63, 3.8) is 0 Å². The first-order valence-corrected chi connectivity index (χ1v) is 11.4. The minimum Gasteiger partial charge on any atom is -0.392 e. The summed E-state index contributed by atoms with van der Waals surface area (Å²) < 4.78 is 8.76. The van der Waals surface area contributed by atoms with Gasteiger partial charge < -0.3 is 9.84 Å². The molecule has 1 aliphatic rings. The third-order valence-electron chi connectivity index (χ3n) is 5.26. The van der Waals surface area contributed by atoms with Crippen LogP contribution >= 0.6 is 22.9 Å². The number of hydrogen-bond donors (Lipinski definition) is 1. The fourth-order valence-corrected chi connectivity index (χ4v) is 5.37. The average molecular weight is 426 g/mol. The van der Waals surface area contributed by atoms with E-state index in [1.807, 2.05) is 10.9 Å². The zero-order valence-corrected chi connectivity index (χ0v) is 18.7. The molecule has 7 heteroatoms. The van der Waals surface area contributed by atoms with Crippen LogP contribution in [0.1, 0.15) is 48.8 Å². The fourth-order valence-electron chi connectivity index (χ4n) is 3.80. The summed E-state index contributed by atoms with van der Waals surface area (Å²) in [5, 5.41) is 14.2. The molecule has 0 aliphatic carbocycles. The van der Waals surface area contributed by atoms with Gasteiger partial charge in [-0.15, -0.1) is 11.3 Å². The molecule has 1 N–H and O–H groups in total. The number of hydrogen-bond acceptors (Lipinski definition) is 5. The van der Waals surface area contributed by atoms with Crippen LogP contribution in [-0.2, 0) is 37.3 Å². The lowest BCUT2D eigenvalue weighted by Crippen LogP contribution is -2.36. The van der Waals surface area contributed by atoms with Gasteiger partial charge in [0, 0.05) is 41.3 Å². The van der Waals surface area contributed by atoms with Crippen molar-refractivity contribution in [2.45, 2.75) is 65.8 Å². The molecule has 1 aliphatic heterocycles. The summed E-state index contributed by atoms with van der Waals surface area (Å²) in [6, 6.07) is 0.352.